The minimum absolute atomic E-state index is 0.0700. The lowest BCUT2D eigenvalue weighted by Gasteiger charge is -2.05. The van der Waals surface area contributed by atoms with Crippen LogP contribution in [-0.2, 0) is 0 Å². The summed E-state index contributed by atoms with van der Waals surface area (Å²) >= 11 is 0. The van der Waals surface area contributed by atoms with Crippen molar-refractivity contribution in [2.75, 3.05) is 13.7 Å². The zero-order chi connectivity index (χ0) is 12.3. The smallest absolute Gasteiger partial charge is 0.176 e. The number of hydrogen-bond acceptors (Lipinski definition) is 4. The quantitative estimate of drug-likeness (QED) is 0.835. The average molecular weight is 236 g/mol. The van der Waals surface area contributed by atoms with E-state index in [2.05, 4.69) is 0 Å². The summed E-state index contributed by atoms with van der Waals surface area (Å²) < 4.78 is 10.8. The van der Waals surface area contributed by atoms with Crippen molar-refractivity contribution >= 4 is 11.0 Å². The molecule has 0 saturated heterocycles. The van der Waals surface area contributed by atoms with Crippen molar-refractivity contribution in [3.8, 4) is 5.75 Å². The Kier molecular flexibility index (Phi) is 3.66. The monoisotopic (exact) mass is 236 g/mol. The molecule has 0 aliphatic heterocycles. The Labute approximate surface area is 99.4 Å². The van der Waals surface area contributed by atoms with Gasteiger partial charge in [-0.3, -0.25) is 0 Å². The maximum Gasteiger partial charge on any atom is 0.176 e. The fourth-order valence-corrected chi connectivity index (χ4v) is 1.81. The van der Waals surface area contributed by atoms with Gasteiger partial charge < -0.3 is 19.4 Å². The number of aliphatic hydroxyl groups excluding tert-OH is 2. The van der Waals surface area contributed by atoms with Crippen molar-refractivity contribution in [2.45, 2.75) is 18.9 Å². The van der Waals surface area contributed by atoms with E-state index >= 15 is 0 Å². The van der Waals surface area contributed by atoms with Crippen molar-refractivity contribution in [2.24, 2.45) is 0 Å². The minimum Gasteiger partial charge on any atom is -0.493 e. The molecule has 0 bridgehead atoms. The van der Waals surface area contributed by atoms with E-state index in [4.69, 9.17) is 14.3 Å². The van der Waals surface area contributed by atoms with Crippen LogP contribution < -0.4 is 4.74 Å². The molecule has 0 fully saturated rings. The van der Waals surface area contributed by atoms with E-state index in [1.807, 2.05) is 18.2 Å². The lowest BCUT2D eigenvalue weighted by atomic mass is 10.1. The van der Waals surface area contributed by atoms with E-state index in [1.54, 1.807) is 13.2 Å². The van der Waals surface area contributed by atoms with Crippen molar-refractivity contribution in [3.05, 3.63) is 30.0 Å². The highest BCUT2D eigenvalue weighted by molar-refractivity contribution is 5.83. The SMILES string of the molecule is COc1cccc2cc(C(O)CCCO)oc12. The Balaban J connectivity index is 2.31. The van der Waals surface area contributed by atoms with Crippen LogP contribution >= 0.6 is 0 Å². The van der Waals surface area contributed by atoms with Gasteiger partial charge in [0.1, 0.15) is 11.9 Å². The van der Waals surface area contributed by atoms with Gasteiger partial charge in [-0.15, -0.1) is 0 Å². The molecule has 0 saturated carbocycles. The molecule has 0 spiro atoms. The number of furan rings is 1. The topological polar surface area (TPSA) is 62.8 Å². The Morgan fingerprint density at radius 1 is 1.41 bits per heavy atom. The first kappa shape index (κ1) is 12.0. The van der Waals surface area contributed by atoms with Gasteiger partial charge in [0.2, 0.25) is 0 Å². The van der Waals surface area contributed by atoms with Crippen LogP contribution in [0.2, 0.25) is 0 Å². The van der Waals surface area contributed by atoms with E-state index in [0.717, 1.165) is 5.39 Å². The summed E-state index contributed by atoms with van der Waals surface area (Å²) in [4.78, 5) is 0. The second-order valence-electron chi connectivity index (χ2n) is 3.91. The maximum atomic E-state index is 9.87. The second-order valence-corrected chi connectivity index (χ2v) is 3.91. The van der Waals surface area contributed by atoms with Gasteiger partial charge in [0, 0.05) is 12.0 Å². The standard InChI is InChI=1S/C13H16O4/c1-16-11-6-2-4-9-8-12(17-13(9)11)10(15)5-3-7-14/h2,4,6,8,10,14-15H,3,5,7H2,1H3. The molecule has 0 radical (unpaired) electrons. The highest BCUT2D eigenvalue weighted by Gasteiger charge is 2.14. The van der Waals surface area contributed by atoms with Crippen LogP contribution in [0.25, 0.3) is 11.0 Å². The van der Waals surface area contributed by atoms with Gasteiger partial charge in [-0.25, -0.2) is 0 Å². The summed E-state index contributed by atoms with van der Waals surface area (Å²) in [5.41, 5.74) is 0.646. The minimum atomic E-state index is -0.681. The van der Waals surface area contributed by atoms with Gasteiger partial charge in [-0.05, 0) is 25.0 Å². The Hall–Kier alpha value is -1.52. The van der Waals surface area contributed by atoms with Gasteiger partial charge in [0.05, 0.1) is 7.11 Å². The predicted molar refractivity (Wildman–Crippen MR) is 64.0 cm³/mol. The average Bonchev–Trinajstić information content (AvgIpc) is 2.79. The number of fused-ring (bicyclic) bond motifs is 1. The summed E-state index contributed by atoms with van der Waals surface area (Å²) in [5, 5.41) is 19.5. The predicted octanol–water partition coefficient (Wildman–Crippen LogP) is 2.25. The fraction of sp³-hybridized carbons (Fsp3) is 0.385. The second kappa shape index (κ2) is 5.21. The molecule has 2 aromatic rings. The molecule has 4 heteroatoms. The van der Waals surface area contributed by atoms with Crippen LogP contribution in [0.15, 0.2) is 28.7 Å². The highest BCUT2D eigenvalue weighted by atomic mass is 16.5. The number of rotatable bonds is 5. The summed E-state index contributed by atoms with van der Waals surface area (Å²) in [5.74, 6) is 1.17. The Morgan fingerprint density at radius 3 is 2.94 bits per heavy atom. The number of hydrogen-bond donors (Lipinski definition) is 2. The first-order valence-electron chi connectivity index (χ1n) is 5.61. The van der Waals surface area contributed by atoms with Crippen molar-refractivity contribution in [1.29, 1.82) is 0 Å². The van der Waals surface area contributed by atoms with E-state index in [1.165, 1.54) is 0 Å². The van der Waals surface area contributed by atoms with Gasteiger partial charge in [0.15, 0.2) is 11.3 Å². The lowest BCUT2D eigenvalue weighted by Crippen LogP contribution is -1.96. The first-order chi connectivity index (χ1) is 8.26. The summed E-state index contributed by atoms with van der Waals surface area (Å²) in [6.07, 6.45) is 0.354. The normalized spacial score (nSPS) is 12.9. The molecule has 1 atom stereocenters. The first-order valence-corrected chi connectivity index (χ1v) is 5.61. The molecule has 92 valence electrons. The summed E-state index contributed by atoms with van der Waals surface area (Å²) in [6, 6.07) is 7.40. The molecule has 2 N–H and O–H groups in total. The van der Waals surface area contributed by atoms with E-state index < -0.39 is 6.10 Å². The van der Waals surface area contributed by atoms with Crippen molar-refractivity contribution in [1.82, 2.24) is 0 Å². The molecule has 1 unspecified atom stereocenters. The van der Waals surface area contributed by atoms with E-state index in [0.29, 0.717) is 29.9 Å². The van der Waals surface area contributed by atoms with Crippen molar-refractivity contribution in [3.63, 3.8) is 0 Å². The number of para-hydroxylation sites is 1. The van der Waals surface area contributed by atoms with Crippen LogP contribution in [0, 0.1) is 0 Å². The number of benzene rings is 1. The molecule has 0 amide bonds. The van der Waals surface area contributed by atoms with Gasteiger partial charge >= 0.3 is 0 Å². The molecule has 1 heterocycles. The Bertz CT molecular complexity index is 489. The van der Waals surface area contributed by atoms with Crippen LogP contribution in [0.5, 0.6) is 5.75 Å². The molecule has 2 rings (SSSR count). The zero-order valence-corrected chi connectivity index (χ0v) is 9.72. The third-order valence-corrected chi connectivity index (χ3v) is 2.71. The van der Waals surface area contributed by atoms with Crippen LogP contribution in [0.4, 0.5) is 0 Å². The third-order valence-electron chi connectivity index (χ3n) is 2.71. The molecular weight excluding hydrogens is 220 g/mol. The molecule has 0 aliphatic rings. The van der Waals surface area contributed by atoms with Crippen LogP contribution in [0.1, 0.15) is 24.7 Å². The molecule has 1 aromatic heterocycles. The fourth-order valence-electron chi connectivity index (χ4n) is 1.81. The largest absolute Gasteiger partial charge is 0.493 e. The van der Waals surface area contributed by atoms with Gasteiger partial charge in [-0.1, -0.05) is 12.1 Å². The van der Waals surface area contributed by atoms with E-state index in [-0.39, 0.29) is 6.61 Å². The zero-order valence-electron chi connectivity index (χ0n) is 9.72. The Morgan fingerprint density at radius 2 is 2.24 bits per heavy atom. The van der Waals surface area contributed by atoms with Crippen molar-refractivity contribution < 1.29 is 19.4 Å². The molecular formula is C13H16O4. The number of methoxy groups -OCH3 is 1. The summed E-state index contributed by atoms with van der Waals surface area (Å²) in [6.45, 7) is 0.0700. The molecule has 4 nitrogen and oxygen atoms in total. The van der Waals surface area contributed by atoms with Crippen LogP contribution in [-0.4, -0.2) is 23.9 Å². The number of aliphatic hydroxyl groups is 2. The molecule has 0 aliphatic carbocycles. The molecule has 17 heavy (non-hydrogen) atoms. The maximum absolute atomic E-state index is 9.87. The highest BCUT2D eigenvalue weighted by Crippen LogP contribution is 2.31. The van der Waals surface area contributed by atoms with Gasteiger partial charge in [0.25, 0.3) is 0 Å². The van der Waals surface area contributed by atoms with E-state index in [9.17, 15) is 5.11 Å². The lowest BCUT2D eigenvalue weighted by molar-refractivity contribution is 0.130. The number of ether oxygens (including phenoxy) is 1. The third kappa shape index (κ3) is 2.43. The van der Waals surface area contributed by atoms with Crippen LogP contribution in [0.3, 0.4) is 0 Å². The van der Waals surface area contributed by atoms with Gasteiger partial charge in [-0.2, -0.15) is 0 Å². The molecule has 1 aromatic carbocycles. The summed E-state index contributed by atoms with van der Waals surface area (Å²) in [7, 11) is 1.58.